The summed E-state index contributed by atoms with van der Waals surface area (Å²) >= 11 is 0. The lowest BCUT2D eigenvalue weighted by atomic mass is 9.88. The van der Waals surface area contributed by atoms with Crippen molar-refractivity contribution in [2.24, 2.45) is 5.92 Å². The first-order valence-corrected chi connectivity index (χ1v) is 7.47. The van der Waals surface area contributed by atoms with E-state index in [9.17, 15) is 14.7 Å². The van der Waals surface area contributed by atoms with Gasteiger partial charge in [0.1, 0.15) is 17.6 Å². The van der Waals surface area contributed by atoms with E-state index in [1.165, 1.54) is 4.90 Å². The fourth-order valence-electron chi connectivity index (χ4n) is 3.14. The molecule has 2 atom stereocenters. The van der Waals surface area contributed by atoms with Crippen molar-refractivity contribution in [2.45, 2.75) is 53.0 Å². The first-order chi connectivity index (χ1) is 9.86. The molecule has 0 radical (unpaired) electrons. The lowest BCUT2D eigenvalue weighted by Crippen LogP contribution is -2.50. The molecule has 1 fully saturated rings. The molecule has 1 aliphatic rings. The number of rotatable bonds is 3. The normalized spacial score (nSPS) is 22.4. The molecule has 1 aromatic heterocycles. The quantitative estimate of drug-likeness (QED) is 0.930. The number of carbonyl (C=O) groups excluding carboxylic acids is 1. The number of carbonyl (C=O) groups is 2. The third-order valence-corrected chi connectivity index (χ3v) is 4.61. The van der Waals surface area contributed by atoms with Gasteiger partial charge in [-0.15, -0.1) is 0 Å². The highest BCUT2D eigenvalue weighted by atomic mass is 16.4. The van der Waals surface area contributed by atoms with Crippen molar-refractivity contribution in [2.75, 3.05) is 6.54 Å². The first-order valence-electron chi connectivity index (χ1n) is 7.47. The smallest absolute Gasteiger partial charge is 0.326 e. The van der Waals surface area contributed by atoms with E-state index < -0.39 is 12.0 Å². The van der Waals surface area contributed by atoms with Gasteiger partial charge in [-0.25, -0.2) is 4.79 Å². The van der Waals surface area contributed by atoms with Crippen LogP contribution in [0.1, 0.15) is 53.6 Å². The highest BCUT2D eigenvalue weighted by Gasteiger charge is 2.37. The van der Waals surface area contributed by atoms with E-state index in [2.05, 4.69) is 6.92 Å². The standard InChI is InChI=1S/C16H23NO4/c1-5-12-6-7-17(13(8-12)16(19)20)15(18)14-9(2)10(3)21-11(14)4/h12-13H,5-8H2,1-4H3,(H,19,20). The number of nitrogens with zero attached hydrogens (tertiary/aromatic N) is 1. The molecular weight excluding hydrogens is 270 g/mol. The number of carboxylic acids is 1. The average Bonchev–Trinajstić information content (AvgIpc) is 2.70. The molecule has 21 heavy (non-hydrogen) atoms. The molecule has 0 saturated carbocycles. The maximum Gasteiger partial charge on any atom is 0.326 e. The average molecular weight is 293 g/mol. The first kappa shape index (κ1) is 15.6. The Balaban J connectivity index is 2.31. The van der Waals surface area contributed by atoms with Crippen LogP contribution in [0.4, 0.5) is 0 Å². The molecule has 2 unspecified atom stereocenters. The van der Waals surface area contributed by atoms with Crippen LogP contribution < -0.4 is 0 Å². The zero-order valence-electron chi connectivity index (χ0n) is 13.1. The van der Waals surface area contributed by atoms with Gasteiger partial charge in [0.2, 0.25) is 0 Å². The van der Waals surface area contributed by atoms with Crippen LogP contribution in [0.5, 0.6) is 0 Å². The lowest BCUT2D eigenvalue weighted by molar-refractivity contribution is -0.144. The molecule has 0 aromatic carbocycles. The molecule has 0 spiro atoms. The fraction of sp³-hybridized carbons (Fsp3) is 0.625. The Morgan fingerprint density at radius 2 is 1.95 bits per heavy atom. The Kier molecular flexibility index (Phi) is 4.40. The summed E-state index contributed by atoms with van der Waals surface area (Å²) in [5, 5.41) is 9.44. The van der Waals surface area contributed by atoms with E-state index in [0.29, 0.717) is 36.0 Å². The van der Waals surface area contributed by atoms with Crippen LogP contribution in [0.15, 0.2) is 4.42 Å². The molecule has 116 valence electrons. The topological polar surface area (TPSA) is 70.8 Å². The molecule has 0 aliphatic carbocycles. The van der Waals surface area contributed by atoms with Gasteiger partial charge in [0, 0.05) is 12.1 Å². The third-order valence-electron chi connectivity index (χ3n) is 4.61. The van der Waals surface area contributed by atoms with Gasteiger partial charge in [-0.3, -0.25) is 4.79 Å². The molecule has 1 aliphatic heterocycles. The van der Waals surface area contributed by atoms with Crippen molar-refractivity contribution in [3.05, 3.63) is 22.6 Å². The van der Waals surface area contributed by atoms with Gasteiger partial charge in [-0.05, 0) is 39.5 Å². The van der Waals surface area contributed by atoms with Gasteiger partial charge in [0.25, 0.3) is 5.91 Å². The third kappa shape index (κ3) is 2.82. The Bertz CT molecular complexity index is 561. The van der Waals surface area contributed by atoms with Crippen molar-refractivity contribution in [3.8, 4) is 0 Å². The predicted octanol–water partition coefficient (Wildman–Crippen LogP) is 2.92. The summed E-state index contributed by atoms with van der Waals surface area (Å²) in [5.74, 6) is 0.521. The van der Waals surface area contributed by atoms with E-state index in [1.807, 2.05) is 13.8 Å². The highest BCUT2D eigenvalue weighted by molar-refractivity contribution is 5.99. The van der Waals surface area contributed by atoms with Crippen LogP contribution in [0.3, 0.4) is 0 Å². The number of hydrogen-bond donors (Lipinski definition) is 1. The molecule has 1 N–H and O–H groups in total. The van der Waals surface area contributed by atoms with Crippen molar-refractivity contribution in [1.29, 1.82) is 0 Å². The van der Waals surface area contributed by atoms with E-state index >= 15 is 0 Å². The number of likely N-dealkylation sites (tertiary alicyclic amines) is 1. The molecule has 1 saturated heterocycles. The number of aryl methyl sites for hydroxylation is 2. The van der Waals surface area contributed by atoms with Crippen LogP contribution in [0.25, 0.3) is 0 Å². The molecule has 1 aromatic rings. The van der Waals surface area contributed by atoms with E-state index in [4.69, 9.17) is 4.42 Å². The largest absolute Gasteiger partial charge is 0.480 e. The van der Waals surface area contributed by atoms with Crippen molar-refractivity contribution < 1.29 is 19.1 Å². The second-order valence-electron chi connectivity index (χ2n) is 5.87. The van der Waals surface area contributed by atoms with E-state index in [0.717, 1.165) is 18.4 Å². The predicted molar refractivity (Wildman–Crippen MR) is 78.4 cm³/mol. The highest BCUT2D eigenvalue weighted by Crippen LogP contribution is 2.29. The summed E-state index contributed by atoms with van der Waals surface area (Å²) in [4.78, 5) is 25.8. The molecule has 1 amide bonds. The van der Waals surface area contributed by atoms with Gasteiger partial charge < -0.3 is 14.4 Å². The number of piperidine rings is 1. The molecule has 0 bridgehead atoms. The molecule has 2 heterocycles. The summed E-state index contributed by atoms with van der Waals surface area (Å²) < 4.78 is 5.50. The summed E-state index contributed by atoms with van der Waals surface area (Å²) in [6.07, 6.45) is 2.35. The van der Waals surface area contributed by atoms with Crippen LogP contribution >= 0.6 is 0 Å². The summed E-state index contributed by atoms with van der Waals surface area (Å²) in [5.41, 5.74) is 1.33. The van der Waals surface area contributed by atoms with Crippen LogP contribution in [-0.2, 0) is 4.79 Å². The number of hydrogen-bond acceptors (Lipinski definition) is 3. The van der Waals surface area contributed by atoms with E-state index in [-0.39, 0.29) is 5.91 Å². The van der Waals surface area contributed by atoms with Crippen LogP contribution in [0, 0.1) is 26.7 Å². The zero-order chi connectivity index (χ0) is 15.7. The molecule has 2 rings (SSSR count). The minimum Gasteiger partial charge on any atom is -0.480 e. The fourth-order valence-corrected chi connectivity index (χ4v) is 3.14. The number of amides is 1. The molecule has 5 nitrogen and oxygen atoms in total. The maximum atomic E-state index is 12.8. The van der Waals surface area contributed by atoms with Crippen molar-refractivity contribution >= 4 is 11.9 Å². The number of aliphatic carboxylic acids is 1. The minimum atomic E-state index is -0.919. The van der Waals surface area contributed by atoms with Gasteiger partial charge in [-0.1, -0.05) is 13.3 Å². The summed E-state index contributed by atoms with van der Waals surface area (Å²) in [6, 6.07) is -0.731. The lowest BCUT2D eigenvalue weighted by Gasteiger charge is -2.37. The van der Waals surface area contributed by atoms with E-state index in [1.54, 1.807) is 6.92 Å². The van der Waals surface area contributed by atoms with Crippen molar-refractivity contribution in [3.63, 3.8) is 0 Å². The zero-order valence-corrected chi connectivity index (χ0v) is 13.1. The second-order valence-corrected chi connectivity index (χ2v) is 5.87. The van der Waals surface area contributed by atoms with Gasteiger partial charge in [-0.2, -0.15) is 0 Å². The maximum absolute atomic E-state index is 12.8. The van der Waals surface area contributed by atoms with Crippen molar-refractivity contribution in [1.82, 2.24) is 4.90 Å². The Morgan fingerprint density at radius 1 is 1.29 bits per heavy atom. The van der Waals surface area contributed by atoms with Crippen LogP contribution in [-0.4, -0.2) is 34.5 Å². The summed E-state index contributed by atoms with van der Waals surface area (Å²) in [6.45, 7) is 7.97. The van der Waals surface area contributed by atoms with Gasteiger partial charge >= 0.3 is 5.97 Å². The monoisotopic (exact) mass is 293 g/mol. The van der Waals surface area contributed by atoms with Crippen LogP contribution in [0.2, 0.25) is 0 Å². The second kappa shape index (κ2) is 5.92. The molecular formula is C16H23NO4. The SMILES string of the molecule is CCC1CCN(C(=O)c2c(C)oc(C)c2C)C(C(=O)O)C1. The summed E-state index contributed by atoms with van der Waals surface area (Å²) in [7, 11) is 0. The van der Waals surface area contributed by atoms with Gasteiger partial charge in [0.05, 0.1) is 5.56 Å². The Morgan fingerprint density at radius 3 is 2.43 bits per heavy atom. The van der Waals surface area contributed by atoms with Gasteiger partial charge in [0.15, 0.2) is 0 Å². The number of carboxylic acid groups (broad SMARTS) is 1. The number of furan rings is 1. The molecule has 5 heteroatoms. The minimum absolute atomic E-state index is 0.219. The Labute approximate surface area is 124 Å². The Hall–Kier alpha value is -1.78.